The van der Waals surface area contributed by atoms with Crippen LogP contribution in [0.15, 0.2) is 47.8 Å². The van der Waals surface area contributed by atoms with Crippen LogP contribution in [0.25, 0.3) is 0 Å². The lowest BCUT2D eigenvalue weighted by atomic mass is 10.0. The molecule has 2 fully saturated rings. The van der Waals surface area contributed by atoms with Gasteiger partial charge in [-0.05, 0) is 23.6 Å². The van der Waals surface area contributed by atoms with Crippen molar-refractivity contribution in [3.8, 4) is 0 Å². The number of nitrogens with zero attached hydrogens (tertiary/aromatic N) is 2. The van der Waals surface area contributed by atoms with Gasteiger partial charge in [0.1, 0.15) is 12.1 Å². The normalized spacial score (nSPS) is 22.8. The molecule has 134 valence electrons. The first-order valence-corrected chi connectivity index (χ1v) is 9.49. The Hall–Kier alpha value is -2.67. The lowest BCUT2D eigenvalue weighted by Gasteiger charge is -2.45. The standard InChI is InChI=1S/C19H19N3O3S/c23-17-16-12-21(18(24)13-5-2-1-3-6-13)8-9-22(16)19(25)15(20-17)11-14-7-4-10-26-14/h1-7,10,15-16H,8-9,11-12H2,(H,20,23)/t15-,16-/m0/s1. The second-order valence-electron chi connectivity index (χ2n) is 6.51. The van der Waals surface area contributed by atoms with Crippen LogP contribution in [0.1, 0.15) is 15.2 Å². The summed E-state index contributed by atoms with van der Waals surface area (Å²) in [7, 11) is 0. The monoisotopic (exact) mass is 369 g/mol. The van der Waals surface area contributed by atoms with Gasteiger partial charge in [0.05, 0.1) is 6.54 Å². The maximum atomic E-state index is 12.8. The maximum Gasteiger partial charge on any atom is 0.253 e. The molecular weight excluding hydrogens is 350 g/mol. The predicted molar refractivity (Wildman–Crippen MR) is 97.8 cm³/mol. The van der Waals surface area contributed by atoms with Crippen LogP contribution in [0.2, 0.25) is 0 Å². The predicted octanol–water partition coefficient (Wildman–Crippen LogP) is 1.14. The van der Waals surface area contributed by atoms with Crippen LogP contribution in [-0.2, 0) is 16.0 Å². The largest absolute Gasteiger partial charge is 0.342 e. The summed E-state index contributed by atoms with van der Waals surface area (Å²) in [5, 5.41) is 4.80. The van der Waals surface area contributed by atoms with Crippen molar-refractivity contribution in [2.24, 2.45) is 0 Å². The highest BCUT2D eigenvalue weighted by Crippen LogP contribution is 2.21. The second-order valence-corrected chi connectivity index (χ2v) is 7.54. The van der Waals surface area contributed by atoms with Gasteiger partial charge in [0.2, 0.25) is 11.8 Å². The van der Waals surface area contributed by atoms with E-state index in [9.17, 15) is 14.4 Å². The van der Waals surface area contributed by atoms with E-state index in [0.717, 1.165) is 4.88 Å². The van der Waals surface area contributed by atoms with Gasteiger partial charge in [0.25, 0.3) is 5.91 Å². The third-order valence-corrected chi connectivity index (χ3v) is 5.77. The summed E-state index contributed by atoms with van der Waals surface area (Å²) in [4.78, 5) is 42.4. The fourth-order valence-electron chi connectivity index (χ4n) is 3.52. The van der Waals surface area contributed by atoms with E-state index >= 15 is 0 Å². The van der Waals surface area contributed by atoms with Gasteiger partial charge in [-0.1, -0.05) is 24.3 Å². The lowest BCUT2D eigenvalue weighted by molar-refractivity contribution is -0.152. The molecule has 6 nitrogen and oxygen atoms in total. The van der Waals surface area contributed by atoms with Gasteiger partial charge in [-0.25, -0.2) is 0 Å². The first kappa shape index (κ1) is 16.8. The quantitative estimate of drug-likeness (QED) is 0.882. The Morgan fingerprint density at radius 2 is 1.92 bits per heavy atom. The van der Waals surface area contributed by atoms with Crippen molar-refractivity contribution >= 4 is 29.1 Å². The number of nitrogens with one attached hydrogen (secondary N) is 1. The second kappa shape index (κ2) is 6.92. The Morgan fingerprint density at radius 1 is 1.12 bits per heavy atom. The molecule has 2 aliphatic heterocycles. The zero-order valence-electron chi connectivity index (χ0n) is 14.1. The van der Waals surface area contributed by atoms with Gasteiger partial charge < -0.3 is 15.1 Å². The molecule has 3 amide bonds. The fourth-order valence-corrected chi connectivity index (χ4v) is 4.27. The third kappa shape index (κ3) is 3.10. The summed E-state index contributed by atoms with van der Waals surface area (Å²) < 4.78 is 0. The van der Waals surface area contributed by atoms with Crippen molar-refractivity contribution in [3.05, 3.63) is 58.3 Å². The van der Waals surface area contributed by atoms with Crippen molar-refractivity contribution in [2.75, 3.05) is 19.6 Å². The van der Waals surface area contributed by atoms with Crippen molar-refractivity contribution in [2.45, 2.75) is 18.5 Å². The molecule has 7 heteroatoms. The maximum absolute atomic E-state index is 12.8. The van der Waals surface area contributed by atoms with E-state index in [2.05, 4.69) is 5.32 Å². The molecule has 0 saturated carbocycles. The van der Waals surface area contributed by atoms with E-state index in [1.165, 1.54) is 0 Å². The SMILES string of the molecule is O=C1N[C@@H](Cc2cccs2)C(=O)N2CCN(C(=O)c3ccccc3)C[C@@H]12. The van der Waals surface area contributed by atoms with Crippen molar-refractivity contribution < 1.29 is 14.4 Å². The van der Waals surface area contributed by atoms with E-state index in [0.29, 0.717) is 25.1 Å². The molecule has 1 aromatic heterocycles. The van der Waals surface area contributed by atoms with Crippen LogP contribution < -0.4 is 5.32 Å². The lowest BCUT2D eigenvalue weighted by Crippen LogP contribution is -2.70. The highest BCUT2D eigenvalue weighted by atomic mass is 32.1. The number of amides is 3. The molecule has 0 unspecified atom stereocenters. The van der Waals surface area contributed by atoms with Gasteiger partial charge in [0, 0.05) is 30.0 Å². The summed E-state index contributed by atoms with van der Waals surface area (Å²) in [5.74, 6) is -0.349. The minimum absolute atomic E-state index is 0.0604. The summed E-state index contributed by atoms with van der Waals surface area (Å²) in [6.45, 7) is 1.06. The number of piperazine rings is 2. The van der Waals surface area contributed by atoms with Crippen molar-refractivity contribution in [1.82, 2.24) is 15.1 Å². The van der Waals surface area contributed by atoms with Gasteiger partial charge in [-0.2, -0.15) is 0 Å². The number of carbonyl (C=O) groups excluding carboxylic acids is 3. The molecule has 1 N–H and O–H groups in total. The summed E-state index contributed by atoms with van der Waals surface area (Å²) >= 11 is 1.58. The summed E-state index contributed by atoms with van der Waals surface area (Å²) in [6.07, 6.45) is 0.512. The van der Waals surface area contributed by atoms with E-state index in [-0.39, 0.29) is 24.3 Å². The Kier molecular flexibility index (Phi) is 4.46. The highest BCUT2D eigenvalue weighted by molar-refractivity contribution is 7.09. The minimum atomic E-state index is -0.608. The van der Waals surface area contributed by atoms with E-state index in [1.54, 1.807) is 33.3 Å². The molecule has 0 aliphatic carbocycles. The van der Waals surface area contributed by atoms with Crippen molar-refractivity contribution in [3.63, 3.8) is 0 Å². The Bertz CT molecular complexity index is 822. The van der Waals surface area contributed by atoms with Crippen molar-refractivity contribution in [1.29, 1.82) is 0 Å². The summed E-state index contributed by atoms with van der Waals surface area (Å²) in [5.41, 5.74) is 0.596. The molecule has 2 aliphatic rings. The van der Waals surface area contributed by atoms with E-state index < -0.39 is 12.1 Å². The molecule has 1 aromatic carbocycles. The Balaban J connectivity index is 1.47. The number of carbonyl (C=O) groups is 3. The fraction of sp³-hybridized carbons (Fsp3) is 0.316. The molecule has 2 atom stereocenters. The molecule has 26 heavy (non-hydrogen) atoms. The van der Waals surface area contributed by atoms with Gasteiger partial charge in [-0.15, -0.1) is 11.3 Å². The third-order valence-electron chi connectivity index (χ3n) is 4.87. The molecule has 3 heterocycles. The smallest absolute Gasteiger partial charge is 0.253 e. The average molecular weight is 369 g/mol. The average Bonchev–Trinajstić information content (AvgIpc) is 3.19. The minimum Gasteiger partial charge on any atom is -0.342 e. The molecule has 0 bridgehead atoms. The van der Waals surface area contributed by atoms with Crippen LogP contribution in [0, 0.1) is 0 Å². The molecule has 4 rings (SSSR count). The Labute approximate surface area is 155 Å². The van der Waals surface area contributed by atoms with E-state index in [4.69, 9.17) is 0 Å². The number of fused-ring (bicyclic) bond motifs is 1. The van der Waals surface area contributed by atoms with Crippen LogP contribution in [-0.4, -0.2) is 59.2 Å². The zero-order chi connectivity index (χ0) is 18.1. The van der Waals surface area contributed by atoms with Crippen LogP contribution in [0.3, 0.4) is 0 Å². The molecule has 2 saturated heterocycles. The molecular formula is C19H19N3O3S. The van der Waals surface area contributed by atoms with Gasteiger partial charge >= 0.3 is 0 Å². The van der Waals surface area contributed by atoms with Crippen LogP contribution in [0.5, 0.6) is 0 Å². The highest BCUT2D eigenvalue weighted by Gasteiger charge is 2.44. The first-order valence-electron chi connectivity index (χ1n) is 8.61. The van der Waals surface area contributed by atoms with Gasteiger partial charge in [0.15, 0.2) is 0 Å². The number of hydrogen-bond donors (Lipinski definition) is 1. The number of hydrogen-bond acceptors (Lipinski definition) is 4. The van der Waals surface area contributed by atoms with Crippen LogP contribution >= 0.6 is 11.3 Å². The molecule has 2 aromatic rings. The van der Waals surface area contributed by atoms with Gasteiger partial charge in [-0.3, -0.25) is 14.4 Å². The topological polar surface area (TPSA) is 69.7 Å². The number of rotatable bonds is 3. The molecule has 0 radical (unpaired) electrons. The number of thiophene rings is 1. The number of benzene rings is 1. The van der Waals surface area contributed by atoms with Crippen LogP contribution in [0.4, 0.5) is 0 Å². The van der Waals surface area contributed by atoms with E-state index in [1.807, 2.05) is 35.7 Å². The zero-order valence-corrected chi connectivity index (χ0v) is 14.9. The Morgan fingerprint density at radius 3 is 2.65 bits per heavy atom. The first-order chi connectivity index (χ1) is 12.6. The summed E-state index contributed by atoms with van der Waals surface area (Å²) in [6, 6.07) is 11.8. The molecule has 0 spiro atoms.